The third kappa shape index (κ3) is 4.66. The van der Waals surface area contributed by atoms with Gasteiger partial charge in [0.2, 0.25) is 0 Å². The fraction of sp³-hybridized carbons (Fsp3) is 0.0714. The lowest BCUT2D eigenvalue weighted by atomic mass is 10.1. The van der Waals surface area contributed by atoms with E-state index in [2.05, 4.69) is 0 Å². The van der Waals surface area contributed by atoms with Crippen LogP contribution >= 0.6 is 11.6 Å². The highest BCUT2D eigenvalue weighted by atomic mass is 35.5. The van der Waals surface area contributed by atoms with Gasteiger partial charge in [0.15, 0.2) is 0 Å². The minimum Gasteiger partial charge on any atom is -0.357 e. The van der Waals surface area contributed by atoms with Gasteiger partial charge in [-0.05, 0) is 48.0 Å². The van der Waals surface area contributed by atoms with Crippen LogP contribution in [0.25, 0.3) is 16.6 Å². The van der Waals surface area contributed by atoms with E-state index in [9.17, 15) is 13.6 Å². The van der Waals surface area contributed by atoms with E-state index in [1.807, 2.05) is 35.2 Å². The maximum atomic E-state index is 14.9. The summed E-state index contributed by atoms with van der Waals surface area (Å²) >= 11 is 6.46. The van der Waals surface area contributed by atoms with E-state index in [-0.39, 0.29) is 11.9 Å². The van der Waals surface area contributed by atoms with Crippen LogP contribution in [-0.2, 0) is 13.1 Å². The normalized spacial score (nSPS) is 11.1. The SMILES string of the molecule is O=c1c2cc(F)ccc2nc(CN(Cc2ccccc2)c2ccccc2F)n1-c1ccccc1Cl. The maximum Gasteiger partial charge on any atom is 0.266 e. The Morgan fingerprint density at radius 3 is 2.31 bits per heavy atom. The van der Waals surface area contributed by atoms with Gasteiger partial charge in [0.25, 0.3) is 5.56 Å². The highest BCUT2D eigenvalue weighted by Crippen LogP contribution is 2.26. The number of nitrogens with zero attached hydrogens (tertiary/aromatic N) is 3. The number of fused-ring (bicyclic) bond motifs is 1. The number of rotatable bonds is 6. The summed E-state index contributed by atoms with van der Waals surface area (Å²) in [5, 5.41) is 0.475. The second-order valence-corrected chi connectivity index (χ2v) is 8.48. The van der Waals surface area contributed by atoms with Crippen molar-refractivity contribution < 1.29 is 8.78 Å². The Bertz CT molecular complexity index is 1570. The molecule has 0 N–H and O–H groups in total. The molecule has 0 radical (unpaired) electrons. The van der Waals surface area contributed by atoms with Crippen molar-refractivity contribution in [2.45, 2.75) is 13.1 Å². The number of halogens is 3. The van der Waals surface area contributed by atoms with Gasteiger partial charge in [-0.1, -0.05) is 66.2 Å². The Kier molecular flexibility index (Phi) is 6.29. The first-order valence-electron chi connectivity index (χ1n) is 11.0. The molecule has 0 spiro atoms. The van der Waals surface area contributed by atoms with E-state index in [0.29, 0.717) is 34.3 Å². The number of hydrogen-bond donors (Lipinski definition) is 0. The van der Waals surface area contributed by atoms with E-state index in [0.717, 1.165) is 5.56 Å². The summed E-state index contributed by atoms with van der Waals surface area (Å²) in [6.07, 6.45) is 0. The summed E-state index contributed by atoms with van der Waals surface area (Å²) in [5.74, 6) is -0.578. The van der Waals surface area contributed by atoms with Crippen molar-refractivity contribution in [2.24, 2.45) is 0 Å². The van der Waals surface area contributed by atoms with Crippen LogP contribution in [0.2, 0.25) is 5.02 Å². The zero-order valence-electron chi connectivity index (χ0n) is 18.5. The number of para-hydroxylation sites is 2. The van der Waals surface area contributed by atoms with Gasteiger partial charge in [-0.25, -0.2) is 13.8 Å². The average molecular weight is 488 g/mol. The van der Waals surface area contributed by atoms with Crippen molar-refractivity contribution in [2.75, 3.05) is 4.90 Å². The zero-order chi connectivity index (χ0) is 24.4. The van der Waals surface area contributed by atoms with Crippen molar-refractivity contribution in [1.29, 1.82) is 0 Å². The monoisotopic (exact) mass is 487 g/mol. The fourth-order valence-electron chi connectivity index (χ4n) is 4.10. The molecule has 1 heterocycles. The van der Waals surface area contributed by atoms with Crippen molar-refractivity contribution in [3.8, 4) is 5.69 Å². The molecule has 0 unspecified atom stereocenters. The van der Waals surface area contributed by atoms with Gasteiger partial charge in [-0.2, -0.15) is 0 Å². The van der Waals surface area contributed by atoms with Gasteiger partial charge in [0.1, 0.15) is 17.5 Å². The lowest BCUT2D eigenvalue weighted by molar-refractivity contribution is 0.610. The molecule has 5 aromatic rings. The summed E-state index contributed by atoms with van der Waals surface area (Å²) in [4.78, 5) is 20.1. The number of aromatic nitrogens is 2. The van der Waals surface area contributed by atoms with Crippen LogP contribution in [0.4, 0.5) is 14.5 Å². The van der Waals surface area contributed by atoms with Gasteiger partial charge in [-0.3, -0.25) is 9.36 Å². The molecule has 0 saturated heterocycles. The van der Waals surface area contributed by atoms with Crippen molar-refractivity contribution >= 4 is 28.2 Å². The van der Waals surface area contributed by atoms with Crippen LogP contribution in [0, 0.1) is 11.6 Å². The quantitative estimate of drug-likeness (QED) is 0.273. The highest BCUT2D eigenvalue weighted by molar-refractivity contribution is 6.32. The van der Waals surface area contributed by atoms with Crippen LogP contribution in [-0.4, -0.2) is 9.55 Å². The third-order valence-electron chi connectivity index (χ3n) is 5.73. The smallest absolute Gasteiger partial charge is 0.266 e. The predicted octanol–water partition coefficient (Wildman–Crippen LogP) is 6.52. The molecular weight excluding hydrogens is 468 g/mol. The lowest BCUT2D eigenvalue weighted by Crippen LogP contribution is -2.31. The van der Waals surface area contributed by atoms with Crippen LogP contribution in [0.1, 0.15) is 11.4 Å². The molecule has 4 aromatic carbocycles. The Hall–Kier alpha value is -4.03. The minimum atomic E-state index is -0.535. The van der Waals surface area contributed by atoms with Gasteiger partial charge in [-0.15, -0.1) is 0 Å². The summed E-state index contributed by atoms with van der Waals surface area (Å²) in [6, 6.07) is 26.9. The van der Waals surface area contributed by atoms with E-state index >= 15 is 0 Å². The summed E-state index contributed by atoms with van der Waals surface area (Å²) in [5.41, 5.74) is 1.65. The van der Waals surface area contributed by atoms with Crippen LogP contribution in [0.3, 0.4) is 0 Å². The third-order valence-corrected chi connectivity index (χ3v) is 6.05. The number of hydrogen-bond acceptors (Lipinski definition) is 3. The molecular formula is C28H20ClF2N3O. The van der Waals surface area contributed by atoms with Crippen molar-refractivity contribution in [3.05, 3.63) is 135 Å². The standard InChI is InChI=1S/C28H20ClF2N3O/c29-22-10-4-6-12-25(22)34-27(32-24-15-14-20(30)16-21(24)28(34)35)18-33(17-19-8-2-1-3-9-19)26-13-7-5-11-23(26)31/h1-16H,17-18H2. The van der Waals surface area contributed by atoms with E-state index in [4.69, 9.17) is 16.6 Å². The molecule has 0 bridgehead atoms. The van der Waals surface area contributed by atoms with Gasteiger partial charge < -0.3 is 4.90 Å². The van der Waals surface area contributed by atoms with Crippen LogP contribution in [0.15, 0.2) is 102 Å². The maximum absolute atomic E-state index is 14.9. The molecule has 0 aliphatic carbocycles. The van der Waals surface area contributed by atoms with E-state index in [1.54, 1.807) is 42.5 Å². The lowest BCUT2D eigenvalue weighted by Gasteiger charge is -2.27. The van der Waals surface area contributed by atoms with E-state index < -0.39 is 17.2 Å². The number of benzene rings is 4. The van der Waals surface area contributed by atoms with Crippen molar-refractivity contribution in [1.82, 2.24) is 9.55 Å². The molecule has 4 nitrogen and oxygen atoms in total. The molecule has 1 aromatic heterocycles. The molecule has 174 valence electrons. The summed E-state index contributed by atoms with van der Waals surface area (Å²) < 4.78 is 30.3. The summed E-state index contributed by atoms with van der Waals surface area (Å²) in [6.45, 7) is 0.477. The Labute approximate surface area is 205 Å². The second-order valence-electron chi connectivity index (χ2n) is 8.07. The molecule has 35 heavy (non-hydrogen) atoms. The first kappa shape index (κ1) is 22.7. The largest absolute Gasteiger partial charge is 0.357 e. The first-order valence-corrected chi connectivity index (χ1v) is 11.4. The Morgan fingerprint density at radius 1 is 0.829 bits per heavy atom. The van der Waals surface area contributed by atoms with Crippen LogP contribution < -0.4 is 10.5 Å². The Morgan fingerprint density at radius 2 is 1.54 bits per heavy atom. The fourth-order valence-corrected chi connectivity index (χ4v) is 4.32. The highest BCUT2D eigenvalue weighted by Gasteiger charge is 2.20. The zero-order valence-corrected chi connectivity index (χ0v) is 19.3. The predicted molar refractivity (Wildman–Crippen MR) is 135 cm³/mol. The minimum absolute atomic E-state index is 0.101. The molecule has 0 atom stereocenters. The first-order chi connectivity index (χ1) is 17.0. The van der Waals surface area contributed by atoms with Gasteiger partial charge in [0, 0.05) is 6.54 Å². The molecule has 7 heteroatoms. The molecule has 0 aliphatic rings. The second kappa shape index (κ2) is 9.68. The van der Waals surface area contributed by atoms with Crippen molar-refractivity contribution in [3.63, 3.8) is 0 Å². The van der Waals surface area contributed by atoms with Gasteiger partial charge in [0.05, 0.1) is 33.8 Å². The Balaban J connectivity index is 1.71. The molecule has 0 fully saturated rings. The van der Waals surface area contributed by atoms with E-state index in [1.165, 1.54) is 28.8 Å². The molecule has 5 rings (SSSR count). The molecule has 0 amide bonds. The molecule has 0 saturated carbocycles. The summed E-state index contributed by atoms with van der Waals surface area (Å²) in [7, 11) is 0. The average Bonchev–Trinajstić information content (AvgIpc) is 2.86. The molecule has 0 aliphatic heterocycles. The van der Waals surface area contributed by atoms with Gasteiger partial charge >= 0.3 is 0 Å². The van der Waals surface area contributed by atoms with Crippen LogP contribution in [0.5, 0.6) is 0 Å². The topological polar surface area (TPSA) is 38.1 Å². The number of anilines is 1.